The van der Waals surface area contributed by atoms with E-state index in [9.17, 15) is 13.6 Å². The molecule has 17 heavy (non-hydrogen) atoms. The second kappa shape index (κ2) is 4.58. The van der Waals surface area contributed by atoms with E-state index in [2.05, 4.69) is 10.3 Å². The van der Waals surface area contributed by atoms with Crippen molar-refractivity contribution < 1.29 is 13.6 Å². The zero-order valence-corrected chi connectivity index (χ0v) is 9.65. The Morgan fingerprint density at radius 1 is 1.29 bits per heavy atom. The highest BCUT2D eigenvalue weighted by Crippen LogP contribution is 2.18. The molecule has 0 spiro atoms. The topological polar surface area (TPSA) is 42.0 Å². The van der Waals surface area contributed by atoms with Crippen LogP contribution in [0.1, 0.15) is 14.5 Å². The van der Waals surface area contributed by atoms with Crippen molar-refractivity contribution >= 4 is 22.9 Å². The van der Waals surface area contributed by atoms with Crippen LogP contribution in [-0.4, -0.2) is 10.9 Å². The monoisotopic (exact) mass is 254 g/mol. The molecule has 0 aliphatic heterocycles. The first kappa shape index (κ1) is 11.7. The average molecular weight is 254 g/mol. The van der Waals surface area contributed by atoms with Gasteiger partial charge >= 0.3 is 0 Å². The van der Waals surface area contributed by atoms with E-state index in [1.54, 1.807) is 12.1 Å². The number of rotatable bonds is 2. The minimum Gasteiger partial charge on any atom is -0.317 e. The molecule has 2 aromatic rings. The van der Waals surface area contributed by atoms with Crippen LogP contribution in [0.2, 0.25) is 0 Å². The minimum atomic E-state index is -1.04. The number of hydrogen-bond donors (Lipinski definition) is 1. The third-order valence-electron chi connectivity index (χ3n) is 2.03. The normalized spacial score (nSPS) is 10.3. The van der Waals surface area contributed by atoms with E-state index >= 15 is 0 Å². The number of amides is 1. The van der Waals surface area contributed by atoms with Crippen molar-refractivity contribution in [3.8, 4) is 0 Å². The minimum absolute atomic E-state index is 0.137. The van der Waals surface area contributed by atoms with Crippen LogP contribution in [0.3, 0.4) is 0 Å². The Kier molecular flexibility index (Phi) is 3.14. The lowest BCUT2D eigenvalue weighted by atomic mass is 10.3. The number of carbonyl (C=O) groups is 1. The molecule has 6 heteroatoms. The van der Waals surface area contributed by atoms with Gasteiger partial charge in [-0.05, 0) is 31.2 Å². The van der Waals surface area contributed by atoms with Crippen molar-refractivity contribution in [1.29, 1.82) is 0 Å². The second-order valence-electron chi connectivity index (χ2n) is 3.34. The molecule has 0 aliphatic rings. The number of pyridine rings is 1. The van der Waals surface area contributed by atoms with Crippen molar-refractivity contribution in [1.82, 2.24) is 4.98 Å². The Bertz CT molecular complexity index is 568. The van der Waals surface area contributed by atoms with E-state index in [4.69, 9.17) is 0 Å². The van der Waals surface area contributed by atoms with Gasteiger partial charge in [0, 0.05) is 4.88 Å². The Hall–Kier alpha value is -1.82. The fraction of sp³-hybridized carbons (Fsp3) is 0.0909. The zero-order valence-electron chi connectivity index (χ0n) is 8.83. The van der Waals surface area contributed by atoms with Gasteiger partial charge in [-0.1, -0.05) is 0 Å². The Balaban J connectivity index is 2.18. The van der Waals surface area contributed by atoms with Crippen molar-refractivity contribution in [2.24, 2.45) is 0 Å². The number of nitrogens with zero attached hydrogens (tertiary/aromatic N) is 1. The average Bonchev–Trinajstić information content (AvgIpc) is 2.69. The van der Waals surface area contributed by atoms with Gasteiger partial charge < -0.3 is 5.32 Å². The molecule has 2 rings (SSSR count). The quantitative estimate of drug-likeness (QED) is 0.837. The first-order chi connectivity index (χ1) is 8.06. The highest BCUT2D eigenvalue weighted by Gasteiger charge is 2.12. The molecule has 0 saturated carbocycles. The molecular formula is C11H8F2N2OS. The van der Waals surface area contributed by atoms with Crippen molar-refractivity contribution in [2.45, 2.75) is 6.92 Å². The van der Waals surface area contributed by atoms with E-state index in [1.807, 2.05) is 6.92 Å². The fourth-order valence-corrected chi connectivity index (χ4v) is 2.01. The number of anilines is 1. The molecular weight excluding hydrogens is 246 g/mol. The van der Waals surface area contributed by atoms with Crippen LogP contribution < -0.4 is 5.32 Å². The summed E-state index contributed by atoms with van der Waals surface area (Å²) < 4.78 is 25.7. The number of hydrogen-bond acceptors (Lipinski definition) is 3. The molecule has 0 unspecified atom stereocenters. The van der Waals surface area contributed by atoms with Crippen molar-refractivity contribution in [3.63, 3.8) is 0 Å². The maximum Gasteiger partial charge on any atom is 0.265 e. The van der Waals surface area contributed by atoms with Crippen LogP contribution in [0.5, 0.6) is 0 Å². The van der Waals surface area contributed by atoms with Gasteiger partial charge in [0.2, 0.25) is 11.9 Å². The van der Waals surface area contributed by atoms with Crippen LogP contribution in [0.25, 0.3) is 0 Å². The Labute approximate surface area is 100 Å². The largest absolute Gasteiger partial charge is 0.317 e. The van der Waals surface area contributed by atoms with Crippen LogP contribution in [-0.2, 0) is 0 Å². The third-order valence-corrected chi connectivity index (χ3v) is 3.03. The second-order valence-corrected chi connectivity index (χ2v) is 4.62. The van der Waals surface area contributed by atoms with Gasteiger partial charge in [0.25, 0.3) is 5.91 Å². The third kappa shape index (κ3) is 2.65. The molecule has 88 valence electrons. The molecule has 0 saturated heterocycles. The van der Waals surface area contributed by atoms with Crippen molar-refractivity contribution in [3.05, 3.63) is 45.9 Å². The Morgan fingerprint density at radius 2 is 2.06 bits per heavy atom. The molecule has 1 N–H and O–H groups in total. The maximum absolute atomic E-state index is 13.2. The summed E-state index contributed by atoms with van der Waals surface area (Å²) in [6.45, 7) is 1.86. The van der Waals surface area contributed by atoms with E-state index in [-0.39, 0.29) is 5.69 Å². The standard InChI is InChI=1S/C11H8F2N2OS/c1-6-2-4-8(17-6)11(16)14-7-3-5-9(12)15-10(7)13/h2-5H,1H3,(H,14,16). The molecule has 0 bridgehead atoms. The summed E-state index contributed by atoms with van der Waals surface area (Å²) in [5.41, 5.74) is -0.137. The lowest BCUT2D eigenvalue weighted by molar-refractivity contribution is 0.103. The van der Waals surface area contributed by atoms with E-state index in [0.29, 0.717) is 4.88 Å². The van der Waals surface area contributed by atoms with Gasteiger partial charge in [-0.15, -0.1) is 11.3 Å². The number of carbonyl (C=O) groups excluding carboxylic acids is 1. The summed E-state index contributed by atoms with van der Waals surface area (Å²) >= 11 is 1.30. The van der Waals surface area contributed by atoms with Gasteiger partial charge in [0.15, 0.2) is 0 Å². The van der Waals surface area contributed by atoms with Crippen molar-refractivity contribution in [2.75, 3.05) is 5.32 Å². The van der Waals surface area contributed by atoms with Gasteiger partial charge in [0.05, 0.1) is 10.6 Å². The molecule has 0 fully saturated rings. The summed E-state index contributed by atoms with van der Waals surface area (Å²) in [6, 6.07) is 5.55. The fourth-order valence-electron chi connectivity index (χ4n) is 1.25. The maximum atomic E-state index is 13.2. The van der Waals surface area contributed by atoms with Gasteiger partial charge in [-0.3, -0.25) is 4.79 Å². The van der Waals surface area contributed by atoms with Crippen LogP contribution >= 0.6 is 11.3 Å². The van der Waals surface area contributed by atoms with E-state index in [0.717, 1.165) is 17.0 Å². The van der Waals surface area contributed by atoms with Crippen LogP contribution in [0.4, 0.5) is 14.5 Å². The smallest absolute Gasteiger partial charge is 0.265 e. The molecule has 1 amide bonds. The number of aryl methyl sites for hydroxylation is 1. The van der Waals surface area contributed by atoms with E-state index in [1.165, 1.54) is 11.3 Å². The zero-order chi connectivity index (χ0) is 12.4. The van der Waals surface area contributed by atoms with Gasteiger partial charge in [-0.2, -0.15) is 13.8 Å². The summed E-state index contributed by atoms with van der Waals surface area (Å²) in [5.74, 6) is -2.39. The summed E-state index contributed by atoms with van der Waals surface area (Å²) in [4.78, 5) is 16.1. The molecule has 0 aromatic carbocycles. The molecule has 3 nitrogen and oxygen atoms in total. The highest BCUT2D eigenvalue weighted by atomic mass is 32.1. The lowest BCUT2D eigenvalue weighted by Gasteiger charge is -2.03. The summed E-state index contributed by atoms with van der Waals surface area (Å²) in [7, 11) is 0. The lowest BCUT2D eigenvalue weighted by Crippen LogP contribution is -2.12. The first-order valence-corrected chi connectivity index (χ1v) is 5.58. The number of halogens is 2. The molecule has 2 aromatic heterocycles. The number of nitrogens with one attached hydrogen (secondary N) is 1. The highest BCUT2D eigenvalue weighted by molar-refractivity contribution is 7.14. The first-order valence-electron chi connectivity index (χ1n) is 4.76. The number of aromatic nitrogens is 1. The molecule has 0 radical (unpaired) electrons. The summed E-state index contributed by atoms with van der Waals surface area (Å²) in [5, 5.41) is 2.33. The predicted molar refractivity (Wildman–Crippen MR) is 61.2 cm³/mol. The Morgan fingerprint density at radius 3 is 2.65 bits per heavy atom. The predicted octanol–water partition coefficient (Wildman–Crippen LogP) is 2.98. The molecule has 0 aliphatic carbocycles. The van der Waals surface area contributed by atoms with Gasteiger partial charge in [0.1, 0.15) is 0 Å². The van der Waals surface area contributed by atoms with Gasteiger partial charge in [-0.25, -0.2) is 0 Å². The SMILES string of the molecule is Cc1ccc(C(=O)Nc2ccc(F)nc2F)s1. The van der Waals surface area contributed by atoms with Crippen LogP contribution in [0, 0.1) is 18.8 Å². The summed E-state index contributed by atoms with van der Waals surface area (Å²) in [6.07, 6.45) is 0. The van der Waals surface area contributed by atoms with E-state index < -0.39 is 17.8 Å². The molecule has 2 heterocycles. The number of thiophene rings is 1. The van der Waals surface area contributed by atoms with Crippen LogP contribution in [0.15, 0.2) is 24.3 Å². The molecule has 0 atom stereocenters.